The number of aliphatic hydroxyl groups is 1. The summed E-state index contributed by atoms with van der Waals surface area (Å²) in [4.78, 5) is 28.0. The number of anilines is 2. The molecular weight excluding hydrogens is 456 g/mol. The fraction of sp³-hybridized carbons (Fsp3) is 0.320. The molecule has 8 heteroatoms. The Morgan fingerprint density at radius 2 is 1.97 bits per heavy atom. The maximum Gasteiger partial charge on any atom is 0.305 e. The van der Waals surface area contributed by atoms with Crippen molar-refractivity contribution in [2.45, 2.75) is 44.2 Å². The van der Waals surface area contributed by atoms with Gasteiger partial charge in [-0.05, 0) is 59.9 Å². The highest BCUT2D eigenvalue weighted by atomic mass is 32.2. The fourth-order valence-electron chi connectivity index (χ4n) is 5.11. The number of hydrogen-bond donors (Lipinski definition) is 2. The van der Waals surface area contributed by atoms with Crippen LogP contribution in [0.25, 0.3) is 6.08 Å². The van der Waals surface area contributed by atoms with Crippen molar-refractivity contribution in [3.05, 3.63) is 64.1 Å². The summed E-state index contributed by atoms with van der Waals surface area (Å²) in [5.74, 6) is -0.722. The number of benzene rings is 2. The van der Waals surface area contributed by atoms with Gasteiger partial charge in [0.2, 0.25) is 0 Å². The summed E-state index contributed by atoms with van der Waals surface area (Å²) in [5, 5.41) is 18.3. The van der Waals surface area contributed by atoms with Crippen LogP contribution in [0.2, 0.25) is 0 Å². The van der Waals surface area contributed by atoms with Gasteiger partial charge >= 0.3 is 5.97 Å². The number of aliphatic carboxylic acids is 1. The van der Waals surface area contributed by atoms with E-state index in [2.05, 4.69) is 29.2 Å². The van der Waals surface area contributed by atoms with Crippen LogP contribution >= 0.6 is 24.0 Å². The minimum absolute atomic E-state index is 0.0366. The Morgan fingerprint density at radius 1 is 1.18 bits per heavy atom. The van der Waals surface area contributed by atoms with Gasteiger partial charge in [-0.15, -0.1) is 0 Å². The quantitative estimate of drug-likeness (QED) is 0.460. The molecule has 2 aliphatic heterocycles. The van der Waals surface area contributed by atoms with Crippen LogP contribution in [0.15, 0.2) is 47.4 Å². The number of carboxylic acids is 1. The number of rotatable bonds is 6. The minimum atomic E-state index is -0.951. The molecule has 2 aromatic rings. The van der Waals surface area contributed by atoms with Crippen LogP contribution in [0.1, 0.15) is 48.3 Å². The maximum atomic E-state index is 12.8. The summed E-state index contributed by atoms with van der Waals surface area (Å²) in [7, 11) is 0. The van der Waals surface area contributed by atoms with E-state index < -0.39 is 5.97 Å². The highest BCUT2D eigenvalue weighted by Crippen LogP contribution is 2.52. The summed E-state index contributed by atoms with van der Waals surface area (Å²) in [5.41, 5.74) is 5.49. The molecular formula is C25H24N2O4S2. The van der Waals surface area contributed by atoms with Gasteiger partial charge < -0.3 is 15.1 Å². The van der Waals surface area contributed by atoms with Crippen molar-refractivity contribution in [3.63, 3.8) is 0 Å². The largest absolute Gasteiger partial charge is 0.481 e. The molecule has 2 atom stereocenters. The predicted octanol–water partition coefficient (Wildman–Crippen LogP) is 4.64. The SMILES string of the molecule is O=C(O)CCN1C(=O)C(=Cc2ccc3c(c2)C2CCCC2N3c2ccc(CO)cc2)SC1=S. The number of carboxylic acid groups (broad SMARTS) is 1. The molecule has 1 amide bonds. The Morgan fingerprint density at radius 3 is 2.70 bits per heavy atom. The van der Waals surface area contributed by atoms with Crippen molar-refractivity contribution in [1.82, 2.24) is 4.90 Å². The van der Waals surface area contributed by atoms with Crippen molar-refractivity contribution >= 4 is 57.6 Å². The molecule has 2 unspecified atom stereocenters. The molecule has 33 heavy (non-hydrogen) atoms. The number of thioether (sulfide) groups is 1. The number of carbonyl (C=O) groups is 2. The lowest BCUT2D eigenvalue weighted by molar-refractivity contribution is -0.137. The van der Waals surface area contributed by atoms with Crippen molar-refractivity contribution in [1.29, 1.82) is 0 Å². The number of amides is 1. The van der Waals surface area contributed by atoms with Gasteiger partial charge in [-0.1, -0.05) is 48.6 Å². The Hall–Kier alpha value is -2.68. The number of aliphatic hydroxyl groups excluding tert-OH is 1. The Kier molecular flexibility index (Phi) is 5.99. The molecule has 1 saturated heterocycles. The number of hydrogen-bond acceptors (Lipinski definition) is 6. The van der Waals surface area contributed by atoms with Crippen LogP contribution in [-0.4, -0.2) is 43.9 Å². The van der Waals surface area contributed by atoms with Crippen molar-refractivity contribution in [3.8, 4) is 0 Å². The lowest BCUT2D eigenvalue weighted by atomic mass is 9.96. The lowest BCUT2D eigenvalue weighted by Crippen LogP contribution is -2.30. The molecule has 3 aliphatic rings. The van der Waals surface area contributed by atoms with Crippen LogP contribution in [0.3, 0.4) is 0 Å². The predicted molar refractivity (Wildman–Crippen MR) is 133 cm³/mol. The molecule has 1 aliphatic carbocycles. The summed E-state index contributed by atoms with van der Waals surface area (Å²) in [6, 6.07) is 14.9. The molecule has 0 aromatic heterocycles. The van der Waals surface area contributed by atoms with Crippen molar-refractivity contribution in [2.24, 2.45) is 0 Å². The highest BCUT2D eigenvalue weighted by Gasteiger charge is 2.42. The third kappa shape index (κ3) is 4.07. The molecule has 2 fully saturated rings. The van der Waals surface area contributed by atoms with E-state index in [4.69, 9.17) is 17.3 Å². The molecule has 0 radical (unpaired) electrons. The van der Waals surface area contributed by atoms with Gasteiger partial charge in [0.25, 0.3) is 5.91 Å². The third-order valence-electron chi connectivity index (χ3n) is 6.64. The first-order valence-electron chi connectivity index (χ1n) is 11.1. The zero-order valence-corrected chi connectivity index (χ0v) is 19.6. The summed E-state index contributed by atoms with van der Waals surface area (Å²) < 4.78 is 0.405. The van der Waals surface area contributed by atoms with Gasteiger partial charge in [0, 0.05) is 29.9 Å². The van der Waals surface area contributed by atoms with Crippen LogP contribution in [-0.2, 0) is 16.2 Å². The second-order valence-electron chi connectivity index (χ2n) is 8.59. The van der Waals surface area contributed by atoms with Crippen LogP contribution in [0.4, 0.5) is 11.4 Å². The van der Waals surface area contributed by atoms with Crippen molar-refractivity contribution in [2.75, 3.05) is 11.4 Å². The third-order valence-corrected chi connectivity index (χ3v) is 8.02. The molecule has 2 aromatic carbocycles. The fourth-order valence-corrected chi connectivity index (χ4v) is 6.42. The Labute approximate surface area is 201 Å². The van der Waals surface area contributed by atoms with Crippen LogP contribution in [0.5, 0.6) is 0 Å². The van der Waals surface area contributed by atoms with Gasteiger partial charge in [0.15, 0.2) is 0 Å². The van der Waals surface area contributed by atoms with E-state index in [-0.39, 0.29) is 25.5 Å². The molecule has 0 bridgehead atoms. The van der Waals surface area contributed by atoms with E-state index >= 15 is 0 Å². The lowest BCUT2D eigenvalue weighted by Gasteiger charge is -2.27. The van der Waals surface area contributed by atoms with Gasteiger partial charge in [0.1, 0.15) is 4.32 Å². The molecule has 2 heterocycles. The second-order valence-corrected chi connectivity index (χ2v) is 10.3. The average Bonchev–Trinajstić information content (AvgIpc) is 3.46. The first-order chi connectivity index (χ1) is 16.0. The molecule has 1 saturated carbocycles. The smallest absolute Gasteiger partial charge is 0.305 e. The zero-order valence-electron chi connectivity index (χ0n) is 17.9. The molecule has 2 N–H and O–H groups in total. The first kappa shape index (κ1) is 22.1. The topological polar surface area (TPSA) is 81.1 Å². The van der Waals surface area contributed by atoms with E-state index in [0.29, 0.717) is 21.2 Å². The molecule has 6 nitrogen and oxygen atoms in total. The summed E-state index contributed by atoms with van der Waals surface area (Å²) >= 11 is 6.53. The monoisotopic (exact) mass is 480 g/mol. The maximum absolute atomic E-state index is 12.8. The van der Waals surface area contributed by atoms with Crippen LogP contribution in [0, 0.1) is 0 Å². The van der Waals surface area contributed by atoms with E-state index in [1.54, 1.807) is 0 Å². The Bertz CT molecular complexity index is 1160. The standard InChI is InChI=1S/C25H24N2O4S2/c28-14-15-4-7-17(8-5-15)27-20-3-1-2-18(20)19-12-16(6-9-21(19)27)13-22-24(31)26(25(32)33-22)11-10-23(29)30/h4-9,12-13,18,20,28H,1-3,10-11,14H2,(H,29,30). The molecule has 170 valence electrons. The van der Waals surface area contributed by atoms with Crippen LogP contribution < -0.4 is 4.90 Å². The number of fused-ring (bicyclic) bond motifs is 3. The molecule has 5 rings (SSSR count). The van der Waals surface area contributed by atoms with E-state index in [1.807, 2.05) is 24.3 Å². The van der Waals surface area contributed by atoms with E-state index in [9.17, 15) is 14.7 Å². The van der Waals surface area contributed by atoms with Gasteiger partial charge in [-0.25, -0.2) is 0 Å². The Balaban J connectivity index is 1.44. The number of thiocarbonyl (C=S) groups is 1. The minimum Gasteiger partial charge on any atom is -0.481 e. The normalized spacial score (nSPS) is 22.9. The molecule has 0 spiro atoms. The number of nitrogens with zero attached hydrogens (tertiary/aromatic N) is 2. The van der Waals surface area contributed by atoms with E-state index in [0.717, 1.165) is 29.7 Å². The second kappa shape index (κ2) is 8.93. The van der Waals surface area contributed by atoms with Gasteiger partial charge in [-0.3, -0.25) is 14.5 Å². The van der Waals surface area contributed by atoms with Gasteiger partial charge in [-0.2, -0.15) is 0 Å². The average molecular weight is 481 g/mol. The first-order valence-corrected chi connectivity index (χ1v) is 12.3. The van der Waals surface area contributed by atoms with Crippen molar-refractivity contribution < 1.29 is 19.8 Å². The summed E-state index contributed by atoms with van der Waals surface area (Å²) in [6.45, 7) is 0.129. The van der Waals surface area contributed by atoms with Gasteiger partial charge in [0.05, 0.1) is 17.9 Å². The summed E-state index contributed by atoms with van der Waals surface area (Å²) in [6.07, 6.45) is 5.20. The zero-order chi connectivity index (χ0) is 23.1. The van der Waals surface area contributed by atoms with E-state index in [1.165, 1.54) is 34.3 Å². The highest BCUT2D eigenvalue weighted by molar-refractivity contribution is 8.26. The number of carbonyl (C=O) groups excluding carboxylic acids is 1.